The Morgan fingerprint density at radius 1 is 1.35 bits per heavy atom. The van der Waals surface area contributed by atoms with Gasteiger partial charge in [-0.05, 0) is 30.9 Å². The van der Waals surface area contributed by atoms with Gasteiger partial charge in [0.15, 0.2) is 0 Å². The van der Waals surface area contributed by atoms with Gasteiger partial charge in [0.05, 0.1) is 5.56 Å². The van der Waals surface area contributed by atoms with Crippen molar-refractivity contribution in [1.29, 1.82) is 0 Å². The Morgan fingerprint density at radius 2 is 2.05 bits per heavy atom. The topological polar surface area (TPSA) is 66.4 Å². The summed E-state index contributed by atoms with van der Waals surface area (Å²) in [5.41, 5.74) is -1.41. The molecule has 0 radical (unpaired) electrons. The lowest BCUT2D eigenvalue weighted by molar-refractivity contribution is -0.148. The largest absolute Gasteiger partial charge is 0.479 e. The zero-order chi connectivity index (χ0) is 14.8. The molecule has 2 unspecified atom stereocenters. The molecule has 0 heterocycles. The molecule has 0 aromatic heterocycles. The van der Waals surface area contributed by atoms with Crippen LogP contribution in [-0.4, -0.2) is 22.5 Å². The molecule has 1 amide bonds. The summed E-state index contributed by atoms with van der Waals surface area (Å²) in [5, 5.41) is 12.1. The Kier molecular flexibility index (Phi) is 4.06. The fraction of sp³-hybridized carbons (Fsp3) is 0.467. The molecule has 0 spiro atoms. The average Bonchev–Trinajstić information content (AvgIpc) is 2.41. The molecule has 2 rings (SSSR count). The minimum atomic E-state index is -1.29. The van der Waals surface area contributed by atoms with Gasteiger partial charge >= 0.3 is 5.97 Å². The van der Waals surface area contributed by atoms with Crippen molar-refractivity contribution >= 4 is 11.9 Å². The normalized spacial score (nSPS) is 26.0. The standard InChI is InChI=1S/C15H18FNO3/c1-10-6-4-5-9-15(10,14(19)20)17-13(18)11-7-2-3-8-12(11)16/h2-3,7-8,10H,4-6,9H2,1H3,(H,17,18)(H,19,20). The molecule has 2 atom stereocenters. The number of hydrogen-bond donors (Lipinski definition) is 2. The van der Waals surface area contributed by atoms with Gasteiger partial charge in [-0.2, -0.15) is 0 Å². The number of carbonyl (C=O) groups is 2. The van der Waals surface area contributed by atoms with Crippen LogP contribution in [0.3, 0.4) is 0 Å². The number of carboxylic acid groups (broad SMARTS) is 1. The van der Waals surface area contributed by atoms with Crippen molar-refractivity contribution in [2.45, 2.75) is 38.1 Å². The number of carbonyl (C=O) groups excluding carboxylic acids is 1. The van der Waals surface area contributed by atoms with Crippen LogP contribution in [0.2, 0.25) is 0 Å². The molecule has 1 aromatic rings. The molecule has 108 valence electrons. The van der Waals surface area contributed by atoms with E-state index in [9.17, 15) is 19.1 Å². The summed E-state index contributed by atoms with van der Waals surface area (Å²) in [6.07, 6.45) is 2.81. The highest BCUT2D eigenvalue weighted by molar-refractivity contribution is 5.98. The van der Waals surface area contributed by atoms with E-state index >= 15 is 0 Å². The van der Waals surface area contributed by atoms with Crippen LogP contribution in [-0.2, 0) is 4.79 Å². The SMILES string of the molecule is CC1CCCCC1(NC(=O)c1ccccc1F)C(=O)O. The summed E-state index contributed by atoms with van der Waals surface area (Å²) in [6, 6.07) is 5.58. The zero-order valence-corrected chi connectivity index (χ0v) is 11.4. The first-order chi connectivity index (χ1) is 9.47. The number of rotatable bonds is 3. The van der Waals surface area contributed by atoms with Crippen LogP contribution in [0.4, 0.5) is 4.39 Å². The fourth-order valence-corrected chi connectivity index (χ4v) is 2.82. The molecule has 5 heteroatoms. The molecule has 1 fully saturated rings. The molecular formula is C15H18FNO3. The van der Waals surface area contributed by atoms with Crippen LogP contribution < -0.4 is 5.32 Å². The lowest BCUT2D eigenvalue weighted by Crippen LogP contribution is -2.60. The third-order valence-corrected chi connectivity index (χ3v) is 4.14. The summed E-state index contributed by atoms with van der Waals surface area (Å²) < 4.78 is 13.6. The minimum absolute atomic E-state index is 0.120. The second kappa shape index (κ2) is 5.61. The molecule has 1 aromatic carbocycles. The second-order valence-electron chi connectivity index (χ2n) is 5.36. The van der Waals surface area contributed by atoms with Crippen LogP contribution in [0.25, 0.3) is 0 Å². The van der Waals surface area contributed by atoms with E-state index in [0.717, 1.165) is 19.3 Å². The quantitative estimate of drug-likeness (QED) is 0.893. The number of carboxylic acids is 1. The zero-order valence-electron chi connectivity index (χ0n) is 11.4. The molecule has 0 bridgehead atoms. The predicted octanol–water partition coefficient (Wildman–Crippen LogP) is 2.59. The lowest BCUT2D eigenvalue weighted by Gasteiger charge is -2.39. The molecule has 20 heavy (non-hydrogen) atoms. The van der Waals surface area contributed by atoms with Crippen molar-refractivity contribution in [3.63, 3.8) is 0 Å². The minimum Gasteiger partial charge on any atom is -0.479 e. The molecule has 1 aliphatic carbocycles. The van der Waals surface area contributed by atoms with Gasteiger partial charge in [0.1, 0.15) is 11.4 Å². The van der Waals surface area contributed by atoms with Gasteiger partial charge in [0, 0.05) is 0 Å². The average molecular weight is 279 g/mol. The van der Waals surface area contributed by atoms with E-state index in [1.165, 1.54) is 18.2 Å². The highest BCUT2D eigenvalue weighted by Gasteiger charge is 2.46. The van der Waals surface area contributed by atoms with E-state index < -0.39 is 23.2 Å². The Morgan fingerprint density at radius 3 is 2.65 bits per heavy atom. The smallest absolute Gasteiger partial charge is 0.329 e. The maximum atomic E-state index is 13.6. The third-order valence-electron chi connectivity index (χ3n) is 4.14. The highest BCUT2D eigenvalue weighted by Crippen LogP contribution is 2.34. The Labute approximate surface area is 117 Å². The summed E-state index contributed by atoms with van der Waals surface area (Å²) in [5.74, 6) is -2.54. The first-order valence-corrected chi connectivity index (χ1v) is 6.78. The first-order valence-electron chi connectivity index (χ1n) is 6.78. The molecule has 2 N–H and O–H groups in total. The Balaban J connectivity index is 2.27. The maximum absolute atomic E-state index is 13.6. The number of amides is 1. The summed E-state index contributed by atoms with van der Waals surface area (Å²) in [4.78, 5) is 23.8. The van der Waals surface area contributed by atoms with E-state index in [4.69, 9.17) is 0 Å². The Hall–Kier alpha value is -1.91. The monoisotopic (exact) mass is 279 g/mol. The second-order valence-corrected chi connectivity index (χ2v) is 5.36. The summed E-state index contributed by atoms with van der Waals surface area (Å²) in [6.45, 7) is 1.81. The van der Waals surface area contributed by atoms with E-state index in [0.29, 0.717) is 6.42 Å². The van der Waals surface area contributed by atoms with Crippen molar-refractivity contribution in [3.05, 3.63) is 35.6 Å². The van der Waals surface area contributed by atoms with Gasteiger partial charge < -0.3 is 10.4 Å². The van der Waals surface area contributed by atoms with Crippen molar-refractivity contribution in [2.24, 2.45) is 5.92 Å². The van der Waals surface area contributed by atoms with E-state index in [-0.39, 0.29) is 11.5 Å². The van der Waals surface area contributed by atoms with E-state index in [1.54, 1.807) is 6.07 Å². The predicted molar refractivity (Wildman–Crippen MR) is 71.9 cm³/mol. The van der Waals surface area contributed by atoms with Gasteiger partial charge in [-0.25, -0.2) is 9.18 Å². The van der Waals surface area contributed by atoms with Crippen LogP contribution in [0.5, 0.6) is 0 Å². The summed E-state index contributed by atoms with van der Waals surface area (Å²) >= 11 is 0. The van der Waals surface area contributed by atoms with Gasteiger partial charge in [-0.1, -0.05) is 31.9 Å². The van der Waals surface area contributed by atoms with E-state index in [1.807, 2.05) is 6.92 Å². The molecular weight excluding hydrogens is 261 g/mol. The van der Waals surface area contributed by atoms with Gasteiger partial charge in [-0.15, -0.1) is 0 Å². The van der Waals surface area contributed by atoms with Gasteiger partial charge in [0.2, 0.25) is 0 Å². The van der Waals surface area contributed by atoms with Crippen LogP contribution in [0.15, 0.2) is 24.3 Å². The lowest BCUT2D eigenvalue weighted by atomic mass is 9.73. The fourth-order valence-electron chi connectivity index (χ4n) is 2.82. The van der Waals surface area contributed by atoms with Crippen LogP contribution in [0, 0.1) is 11.7 Å². The number of benzene rings is 1. The maximum Gasteiger partial charge on any atom is 0.329 e. The number of halogens is 1. The first kappa shape index (κ1) is 14.5. The Bertz CT molecular complexity index is 532. The molecule has 4 nitrogen and oxygen atoms in total. The van der Waals surface area contributed by atoms with Crippen molar-refractivity contribution in [1.82, 2.24) is 5.32 Å². The van der Waals surface area contributed by atoms with Gasteiger partial charge in [0.25, 0.3) is 5.91 Å². The van der Waals surface area contributed by atoms with Crippen molar-refractivity contribution in [2.75, 3.05) is 0 Å². The third kappa shape index (κ3) is 2.53. The van der Waals surface area contributed by atoms with Crippen LogP contribution >= 0.6 is 0 Å². The van der Waals surface area contributed by atoms with Gasteiger partial charge in [-0.3, -0.25) is 4.79 Å². The molecule has 0 aliphatic heterocycles. The molecule has 1 aliphatic rings. The number of nitrogens with one attached hydrogen (secondary N) is 1. The number of aliphatic carboxylic acids is 1. The summed E-state index contributed by atoms with van der Waals surface area (Å²) in [7, 11) is 0. The van der Waals surface area contributed by atoms with Crippen molar-refractivity contribution in [3.8, 4) is 0 Å². The van der Waals surface area contributed by atoms with Crippen LogP contribution in [0.1, 0.15) is 43.0 Å². The van der Waals surface area contributed by atoms with E-state index in [2.05, 4.69) is 5.32 Å². The highest BCUT2D eigenvalue weighted by atomic mass is 19.1. The van der Waals surface area contributed by atoms with Crippen molar-refractivity contribution < 1.29 is 19.1 Å². The number of hydrogen-bond acceptors (Lipinski definition) is 2. The molecule has 0 saturated heterocycles. The molecule has 1 saturated carbocycles.